The molecular formula is C18H20N6OS. The Balaban J connectivity index is 1.35. The van der Waals surface area contributed by atoms with Gasteiger partial charge in [0.25, 0.3) is 0 Å². The molecule has 1 N–H and O–H groups in total. The summed E-state index contributed by atoms with van der Waals surface area (Å²) >= 11 is 1.49. The number of carbonyl (C=O) groups excluding carboxylic acids is 1. The molecule has 0 atom stereocenters. The van der Waals surface area contributed by atoms with E-state index in [1.165, 1.54) is 11.3 Å². The maximum Gasteiger partial charge on any atom is 0.229 e. The predicted octanol–water partition coefficient (Wildman–Crippen LogP) is 2.58. The van der Waals surface area contributed by atoms with E-state index in [1.807, 2.05) is 42.2 Å². The lowest BCUT2D eigenvalue weighted by atomic mass is 9.96. The van der Waals surface area contributed by atoms with Crippen LogP contribution in [0.15, 0.2) is 30.3 Å². The number of aromatic amines is 1. The zero-order valence-corrected chi connectivity index (χ0v) is 15.4. The van der Waals surface area contributed by atoms with Gasteiger partial charge in [0.1, 0.15) is 15.8 Å². The van der Waals surface area contributed by atoms with E-state index in [4.69, 9.17) is 0 Å². The van der Waals surface area contributed by atoms with Gasteiger partial charge in [-0.15, -0.1) is 21.5 Å². The lowest BCUT2D eigenvalue weighted by Crippen LogP contribution is -2.39. The molecule has 1 saturated heterocycles. The number of benzene rings is 1. The van der Waals surface area contributed by atoms with E-state index in [0.29, 0.717) is 12.3 Å². The first kappa shape index (κ1) is 16.8. The van der Waals surface area contributed by atoms with E-state index in [2.05, 4.69) is 25.4 Å². The molecule has 0 radical (unpaired) electrons. The molecule has 2 aromatic heterocycles. The quantitative estimate of drug-likeness (QED) is 0.765. The van der Waals surface area contributed by atoms with Crippen LogP contribution in [0.5, 0.6) is 0 Å². The summed E-state index contributed by atoms with van der Waals surface area (Å²) in [6, 6.07) is 9.95. The van der Waals surface area contributed by atoms with Crippen LogP contribution in [-0.4, -0.2) is 49.3 Å². The Morgan fingerprint density at radius 3 is 2.69 bits per heavy atom. The Hall–Kier alpha value is -2.61. The molecule has 1 amide bonds. The summed E-state index contributed by atoms with van der Waals surface area (Å²) in [6.45, 7) is 3.38. The molecule has 0 aliphatic carbocycles. The zero-order chi connectivity index (χ0) is 17.9. The van der Waals surface area contributed by atoms with Crippen LogP contribution in [0.2, 0.25) is 0 Å². The number of likely N-dealkylation sites (tertiary alicyclic amines) is 1. The van der Waals surface area contributed by atoms with E-state index in [1.54, 1.807) is 0 Å². The SMILES string of the molecule is Cc1nnc(CC(=O)N2CCC(c3nc(-c4ccccc4)n[nH]3)CC2)s1. The molecule has 0 saturated carbocycles. The second-order valence-electron chi connectivity index (χ2n) is 6.46. The highest BCUT2D eigenvalue weighted by Gasteiger charge is 2.26. The number of aromatic nitrogens is 5. The van der Waals surface area contributed by atoms with Crippen LogP contribution in [0, 0.1) is 6.92 Å². The number of rotatable bonds is 4. The number of amides is 1. The molecular weight excluding hydrogens is 348 g/mol. The number of carbonyl (C=O) groups is 1. The van der Waals surface area contributed by atoms with Crippen molar-refractivity contribution in [1.82, 2.24) is 30.3 Å². The molecule has 0 unspecified atom stereocenters. The van der Waals surface area contributed by atoms with E-state index < -0.39 is 0 Å². The molecule has 1 aliphatic rings. The predicted molar refractivity (Wildman–Crippen MR) is 98.7 cm³/mol. The molecule has 1 aliphatic heterocycles. The number of piperidine rings is 1. The van der Waals surface area contributed by atoms with E-state index >= 15 is 0 Å². The molecule has 7 nitrogen and oxygen atoms in total. The van der Waals surface area contributed by atoms with Crippen LogP contribution in [0.25, 0.3) is 11.4 Å². The average molecular weight is 368 g/mol. The number of hydrogen-bond donors (Lipinski definition) is 1. The second-order valence-corrected chi connectivity index (χ2v) is 7.72. The average Bonchev–Trinajstić information content (AvgIpc) is 3.32. The second kappa shape index (κ2) is 7.33. The van der Waals surface area contributed by atoms with Crippen molar-refractivity contribution in [2.45, 2.75) is 32.1 Å². The molecule has 3 aromatic rings. The minimum absolute atomic E-state index is 0.127. The van der Waals surface area contributed by atoms with Gasteiger partial charge in [0.15, 0.2) is 5.82 Å². The summed E-state index contributed by atoms with van der Waals surface area (Å²) < 4.78 is 0. The van der Waals surface area contributed by atoms with Crippen LogP contribution in [0.1, 0.15) is 34.6 Å². The summed E-state index contributed by atoms with van der Waals surface area (Å²) in [4.78, 5) is 19.0. The fraction of sp³-hybridized carbons (Fsp3) is 0.389. The summed E-state index contributed by atoms with van der Waals surface area (Å²) in [5.41, 5.74) is 1.01. The first-order valence-electron chi connectivity index (χ1n) is 8.73. The third-order valence-electron chi connectivity index (χ3n) is 4.64. The maximum atomic E-state index is 12.4. The number of nitrogens with one attached hydrogen (secondary N) is 1. The molecule has 26 heavy (non-hydrogen) atoms. The van der Waals surface area contributed by atoms with Crippen molar-refractivity contribution in [3.63, 3.8) is 0 Å². The van der Waals surface area contributed by atoms with Crippen molar-refractivity contribution >= 4 is 17.2 Å². The topological polar surface area (TPSA) is 87.7 Å². The van der Waals surface area contributed by atoms with Crippen LogP contribution in [0.4, 0.5) is 0 Å². The van der Waals surface area contributed by atoms with Crippen molar-refractivity contribution in [2.75, 3.05) is 13.1 Å². The van der Waals surface area contributed by atoms with Crippen molar-refractivity contribution in [3.05, 3.63) is 46.2 Å². The summed E-state index contributed by atoms with van der Waals surface area (Å²) in [5.74, 6) is 2.08. The number of hydrogen-bond acceptors (Lipinski definition) is 6. The highest BCUT2D eigenvalue weighted by Crippen LogP contribution is 2.27. The van der Waals surface area contributed by atoms with Crippen LogP contribution in [-0.2, 0) is 11.2 Å². The number of nitrogens with zero attached hydrogens (tertiary/aromatic N) is 5. The summed E-state index contributed by atoms with van der Waals surface area (Å²) in [7, 11) is 0. The molecule has 0 bridgehead atoms. The van der Waals surface area contributed by atoms with Gasteiger partial charge in [-0.3, -0.25) is 9.89 Å². The highest BCUT2D eigenvalue weighted by atomic mass is 32.1. The normalized spacial score (nSPS) is 15.3. The molecule has 1 aromatic carbocycles. The van der Waals surface area contributed by atoms with Crippen LogP contribution < -0.4 is 0 Å². The van der Waals surface area contributed by atoms with E-state index in [0.717, 1.165) is 53.2 Å². The first-order valence-corrected chi connectivity index (χ1v) is 9.55. The van der Waals surface area contributed by atoms with E-state index in [9.17, 15) is 4.79 Å². The Morgan fingerprint density at radius 2 is 2.00 bits per heavy atom. The first-order chi connectivity index (χ1) is 12.7. The molecule has 0 spiro atoms. The largest absolute Gasteiger partial charge is 0.342 e. The van der Waals surface area contributed by atoms with Gasteiger partial charge in [0.05, 0.1) is 6.42 Å². The van der Waals surface area contributed by atoms with E-state index in [-0.39, 0.29) is 5.91 Å². The Morgan fingerprint density at radius 1 is 1.23 bits per heavy atom. The highest BCUT2D eigenvalue weighted by molar-refractivity contribution is 7.11. The molecule has 4 rings (SSSR count). The smallest absolute Gasteiger partial charge is 0.229 e. The molecule has 3 heterocycles. The van der Waals surface area contributed by atoms with Crippen molar-refractivity contribution in [1.29, 1.82) is 0 Å². The third-order valence-corrected chi connectivity index (χ3v) is 5.48. The monoisotopic (exact) mass is 368 g/mol. The van der Waals surface area contributed by atoms with Gasteiger partial charge in [-0.1, -0.05) is 30.3 Å². The van der Waals surface area contributed by atoms with Gasteiger partial charge in [-0.25, -0.2) is 4.98 Å². The lowest BCUT2D eigenvalue weighted by Gasteiger charge is -2.30. The minimum Gasteiger partial charge on any atom is -0.342 e. The number of H-pyrrole nitrogens is 1. The van der Waals surface area contributed by atoms with Crippen molar-refractivity contribution in [2.24, 2.45) is 0 Å². The maximum absolute atomic E-state index is 12.4. The molecule has 134 valence electrons. The van der Waals surface area contributed by atoms with Gasteiger partial charge in [-0.2, -0.15) is 5.10 Å². The Bertz CT molecular complexity index is 882. The van der Waals surface area contributed by atoms with Crippen LogP contribution in [0.3, 0.4) is 0 Å². The minimum atomic E-state index is 0.127. The number of aryl methyl sites for hydroxylation is 1. The third kappa shape index (κ3) is 3.65. The Kier molecular flexibility index (Phi) is 4.75. The lowest BCUT2D eigenvalue weighted by molar-refractivity contribution is -0.131. The molecule has 1 fully saturated rings. The zero-order valence-electron chi connectivity index (χ0n) is 14.6. The summed E-state index contributed by atoms with van der Waals surface area (Å²) in [6.07, 6.45) is 2.13. The van der Waals surface area contributed by atoms with Crippen LogP contribution >= 0.6 is 11.3 Å². The summed E-state index contributed by atoms with van der Waals surface area (Å²) in [5, 5.41) is 17.1. The standard InChI is InChI=1S/C18H20N6OS/c1-12-20-21-15(26-12)11-16(25)24-9-7-14(8-10-24)18-19-17(22-23-18)13-5-3-2-4-6-13/h2-6,14H,7-11H2,1H3,(H,19,22,23). The van der Waals surface area contributed by atoms with Gasteiger partial charge in [-0.05, 0) is 19.8 Å². The van der Waals surface area contributed by atoms with Crippen molar-refractivity contribution < 1.29 is 4.79 Å². The van der Waals surface area contributed by atoms with Gasteiger partial charge < -0.3 is 4.90 Å². The molecule has 8 heteroatoms. The van der Waals surface area contributed by atoms with Gasteiger partial charge in [0.2, 0.25) is 5.91 Å². The Labute approximate surface area is 155 Å². The fourth-order valence-corrected chi connectivity index (χ4v) is 3.93. The van der Waals surface area contributed by atoms with Gasteiger partial charge in [0, 0.05) is 24.6 Å². The van der Waals surface area contributed by atoms with Gasteiger partial charge >= 0.3 is 0 Å². The fourth-order valence-electron chi connectivity index (χ4n) is 3.23. The van der Waals surface area contributed by atoms with Crippen molar-refractivity contribution in [3.8, 4) is 11.4 Å².